The van der Waals surface area contributed by atoms with Crippen molar-refractivity contribution in [3.05, 3.63) is 47.9 Å². The summed E-state index contributed by atoms with van der Waals surface area (Å²) < 4.78 is 64.4. The lowest BCUT2D eigenvalue weighted by Crippen LogP contribution is -2.40. The number of aromatic nitrogens is 1. The molecule has 0 spiro atoms. The van der Waals surface area contributed by atoms with Crippen molar-refractivity contribution in [2.24, 2.45) is 4.40 Å². The van der Waals surface area contributed by atoms with E-state index in [1.807, 2.05) is 0 Å². The van der Waals surface area contributed by atoms with Crippen molar-refractivity contribution in [3.8, 4) is 0 Å². The van der Waals surface area contributed by atoms with Crippen LogP contribution in [-0.4, -0.2) is 42.3 Å². The number of anilines is 1. The standard InChI is InChI=1S/C14H11F3N4O3S/c15-14(16,17)11-4-3-9(8-18-11)19-13(22)10-2-1-5-21-6-7-25(23,24)20-12(10)21/h1-5,8H,6-7H2,(H,19,22). The molecule has 3 rings (SSSR count). The van der Waals surface area contributed by atoms with Gasteiger partial charge < -0.3 is 10.2 Å². The second-order valence-electron chi connectivity index (χ2n) is 5.20. The molecular formula is C14H11F3N4O3S. The molecule has 0 saturated carbocycles. The maximum atomic E-state index is 12.5. The van der Waals surface area contributed by atoms with Gasteiger partial charge in [-0.15, -0.1) is 4.40 Å². The Morgan fingerprint density at radius 3 is 2.68 bits per heavy atom. The van der Waals surface area contributed by atoms with Crippen LogP contribution in [0.25, 0.3) is 0 Å². The molecule has 11 heteroatoms. The van der Waals surface area contributed by atoms with Crippen LogP contribution >= 0.6 is 0 Å². The lowest BCUT2D eigenvalue weighted by Gasteiger charge is -2.28. The largest absolute Gasteiger partial charge is 0.433 e. The number of hydrogen-bond acceptors (Lipinski definition) is 5. The summed E-state index contributed by atoms with van der Waals surface area (Å²) in [4.78, 5) is 17.1. The van der Waals surface area contributed by atoms with Crippen molar-refractivity contribution < 1.29 is 26.4 Å². The van der Waals surface area contributed by atoms with Gasteiger partial charge in [-0.25, -0.2) is 13.4 Å². The molecule has 2 aliphatic heterocycles. The molecule has 0 radical (unpaired) electrons. The van der Waals surface area contributed by atoms with Crippen LogP contribution in [0.15, 0.2) is 46.7 Å². The molecule has 0 aliphatic carbocycles. The van der Waals surface area contributed by atoms with Crippen LogP contribution < -0.4 is 5.32 Å². The summed E-state index contributed by atoms with van der Waals surface area (Å²) >= 11 is 0. The molecule has 2 aliphatic rings. The average Bonchev–Trinajstić information content (AvgIpc) is 2.53. The summed E-state index contributed by atoms with van der Waals surface area (Å²) in [7, 11) is -3.66. The lowest BCUT2D eigenvalue weighted by molar-refractivity contribution is -0.141. The number of carbonyl (C=O) groups excluding carboxylic acids is 1. The molecule has 25 heavy (non-hydrogen) atoms. The van der Waals surface area contributed by atoms with Crippen molar-refractivity contribution in [1.82, 2.24) is 9.88 Å². The lowest BCUT2D eigenvalue weighted by atomic mass is 10.1. The second-order valence-corrected chi connectivity index (χ2v) is 6.95. The van der Waals surface area contributed by atoms with Crippen molar-refractivity contribution in [3.63, 3.8) is 0 Å². The van der Waals surface area contributed by atoms with Crippen molar-refractivity contribution >= 4 is 27.5 Å². The van der Waals surface area contributed by atoms with E-state index in [1.165, 1.54) is 11.0 Å². The number of hydrogen-bond donors (Lipinski definition) is 1. The van der Waals surface area contributed by atoms with Gasteiger partial charge in [0.2, 0.25) is 0 Å². The normalized spacial score (nSPS) is 18.9. The topological polar surface area (TPSA) is 91.7 Å². The molecule has 0 atom stereocenters. The van der Waals surface area contributed by atoms with Crippen LogP contribution in [0.1, 0.15) is 5.69 Å². The van der Waals surface area contributed by atoms with E-state index in [0.29, 0.717) is 0 Å². The molecule has 0 unspecified atom stereocenters. The predicted molar refractivity (Wildman–Crippen MR) is 83.0 cm³/mol. The number of rotatable bonds is 2. The Balaban J connectivity index is 1.82. The molecule has 1 amide bonds. The van der Waals surface area contributed by atoms with Crippen LogP contribution in [-0.2, 0) is 21.0 Å². The number of fused-ring (bicyclic) bond motifs is 1. The zero-order valence-corrected chi connectivity index (χ0v) is 13.3. The first kappa shape index (κ1) is 17.1. The van der Waals surface area contributed by atoms with Gasteiger partial charge in [0.15, 0.2) is 5.84 Å². The quantitative estimate of drug-likeness (QED) is 0.850. The second kappa shape index (κ2) is 5.99. The van der Waals surface area contributed by atoms with Crippen LogP contribution in [0, 0.1) is 0 Å². The van der Waals surface area contributed by atoms with E-state index in [4.69, 9.17) is 0 Å². The van der Waals surface area contributed by atoms with E-state index in [-0.39, 0.29) is 29.4 Å². The highest BCUT2D eigenvalue weighted by Crippen LogP contribution is 2.28. The number of halogens is 3. The van der Waals surface area contributed by atoms with Gasteiger partial charge in [0.25, 0.3) is 15.9 Å². The van der Waals surface area contributed by atoms with Gasteiger partial charge in [0.05, 0.1) is 23.2 Å². The summed E-state index contributed by atoms with van der Waals surface area (Å²) in [6.45, 7) is 0.157. The minimum Gasteiger partial charge on any atom is -0.331 e. The van der Waals surface area contributed by atoms with Crippen LogP contribution in [0.5, 0.6) is 0 Å². The number of carbonyl (C=O) groups is 1. The third-order valence-corrected chi connectivity index (χ3v) is 4.56. The number of amides is 1. The molecule has 1 N–H and O–H groups in total. The minimum atomic E-state index is -4.58. The Hall–Kier alpha value is -2.69. The number of alkyl halides is 3. The minimum absolute atomic E-state index is 0.00864. The van der Waals surface area contributed by atoms with E-state index in [2.05, 4.69) is 14.7 Å². The first-order valence-corrected chi connectivity index (χ1v) is 8.59. The molecule has 7 nitrogen and oxygen atoms in total. The van der Waals surface area contributed by atoms with Crippen molar-refractivity contribution in [2.45, 2.75) is 6.18 Å². The van der Waals surface area contributed by atoms with Gasteiger partial charge in [0.1, 0.15) is 5.69 Å². The van der Waals surface area contributed by atoms with Gasteiger partial charge in [0, 0.05) is 12.7 Å². The number of amidine groups is 1. The van der Waals surface area contributed by atoms with Gasteiger partial charge in [-0.05, 0) is 24.3 Å². The van der Waals surface area contributed by atoms with E-state index in [0.717, 1.165) is 18.3 Å². The Morgan fingerprint density at radius 1 is 1.28 bits per heavy atom. The van der Waals surface area contributed by atoms with E-state index in [9.17, 15) is 26.4 Å². The number of nitrogens with one attached hydrogen (secondary N) is 1. The van der Waals surface area contributed by atoms with Crippen LogP contribution in [0.3, 0.4) is 0 Å². The number of nitrogens with zero attached hydrogens (tertiary/aromatic N) is 3. The summed E-state index contributed by atoms with van der Waals surface area (Å²) in [5.41, 5.74) is -1.05. The highest BCUT2D eigenvalue weighted by atomic mass is 32.2. The fourth-order valence-corrected chi connectivity index (χ4v) is 3.21. The fourth-order valence-electron chi connectivity index (χ4n) is 2.23. The van der Waals surface area contributed by atoms with E-state index >= 15 is 0 Å². The van der Waals surface area contributed by atoms with Crippen molar-refractivity contribution in [2.75, 3.05) is 17.6 Å². The Morgan fingerprint density at radius 2 is 2.04 bits per heavy atom. The van der Waals surface area contributed by atoms with Gasteiger partial charge in [-0.2, -0.15) is 13.2 Å². The van der Waals surface area contributed by atoms with Gasteiger partial charge in [-0.1, -0.05) is 0 Å². The van der Waals surface area contributed by atoms with Gasteiger partial charge >= 0.3 is 6.18 Å². The highest BCUT2D eigenvalue weighted by Gasteiger charge is 2.32. The van der Waals surface area contributed by atoms with E-state index < -0.39 is 27.8 Å². The third-order valence-electron chi connectivity index (χ3n) is 3.41. The maximum absolute atomic E-state index is 12.5. The average molecular weight is 372 g/mol. The Labute approximate surface area is 140 Å². The molecule has 0 saturated heterocycles. The number of pyridine rings is 1. The highest BCUT2D eigenvalue weighted by molar-refractivity contribution is 7.90. The van der Waals surface area contributed by atoms with Crippen LogP contribution in [0.4, 0.5) is 18.9 Å². The molecule has 0 bridgehead atoms. The summed E-state index contributed by atoms with van der Waals surface area (Å²) in [5.74, 6) is -0.892. The summed E-state index contributed by atoms with van der Waals surface area (Å²) in [5, 5.41) is 2.38. The monoisotopic (exact) mass is 372 g/mol. The summed E-state index contributed by atoms with van der Waals surface area (Å²) in [6.07, 6.45) is 0.811. The number of allylic oxidation sites excluding steroid dienone is 2. The molecular weight excluding hydrogens is 361 g/mol. The molecule has 0 fully saturated rings. The van der Waals surface area contributed by atoms with Crippen molar-refractivity contribution in [1.29, 1.82) is 0 Å². The van der Waals surface area contributed by atoms with Crippen LogP contribution in [0.2, 0.25) is 0 Å². The number of sulfonamides is 1. The maximum Gasteiger partial charge on any atom is 0.433 e. The molecule has 1 aromatic rings. The summed E-state index contributed by atoms with van der Waals surface area (Å²) in [6, 6.07) is 1.80. The molecule has 1 aromatic heterocycles. The zero-order valence-electron chi connectivity index (χ0n) is 12.5. The third kappa shape index (κ3) is 3.71. The first-order chi connectivity index (χ1) is 11.7. The molecule has 3 heterocycles. The Bertz CT molecular complexity index is 902. The molecule has 132 valence electrons. The Kier molecular flexibility index (Phi) is 4.11. The predicted octanol–water partition coefficient (Wildman–Crippen LogP) is 1.54. The molecule has 0 aromatic carbocycles. The zero-order chi connectivity index (χ0) is 18.2. The SMILES string of the molecule is O=C(Nc1ccc(C(F)(F)F)nc1)C1=CC=CN2CCS(=O)(=O)N=C12. The van der Waals surface area contributed by atoms with Gasteiger partial charge in [-0.3, -0.25) is 4.79 Å². The first-order valence-electron chi connectivity index (χ1n) is 6.98. The fraction of sp³-hybridized carbons (Fsp3) is 0.214. The smallest absolute Gasteiger partial charge is 0.331 e. The van der Waals surface area contributed by atoms with E-state index in [1.54, 1.807) is 12.3 Å².